The number of phenolic OH excluding ortho intramolecular Hbond substituents is 2. The average Bonchev–Trinajstić information content (AvgIpc) is 2.63. The Kier molecular flexibility index (Phi) is 6.28. The Morgan fingerprint density at radius 1 is 1.04 bits per heavy atom. The van der Waals surface area contributed by atoms with E-state index in [-0.39, 0.29) is 23.5 Å². The first-order chi connectivity index (χ1) is 12.8. The number of ether oxygens (including phenoxy) is 1. The van der Waals surface area contributed by atoms with E-state index in [2.05, 4.69) is 0 Å². The fraction of sp³-hybridized carbons (Fsp3) is 0.250. The van der Waals surface area contributed by atoms with Gasteiger partial charge in [-0.2, -0.15) is 0 Å². The van der Waals surface area contributed by atoms with Crippen LogP contribution < -0.4 is 0 Å². The molecule has 0 amide bonds. The Bertz CT molecular complexity index is 873. The minimum absolute atomic E-state index is 0.0562. The number of hydrogen-bond acceptors (Lipinski definition) is 6. The number of benzene rings is 2. The summed E-state index contributed by atoms with van der Waals surface area (Å²) >= 11 is 0. The minimum atomic E-state index is -1.61. The highest BCUT2D eigenvalue weighted by Crippen LogP contribution is 2.32. The van der Waals surface area contributed by atoms with Crippen LogP contribution in [-0.2, 0) is 20.7 Å². The molecule has 2 aromatic rings. The molecule has 0 fully saturated rings. The van der Waals surface area contributed by atoms with Crippen molar-refractivity contribution in [1.29, 1.82) is 0 Å². The van der Waals surface area contributed by atoms with E-state index in [9.17, 15) is 29.0 Å². The van der Waals surface area contributed by atoms with Crippen molar-refractivity contribution in [3.63, 3.8) is 0 Å². The third-order valence-electron chi connectivity index (χ3n) is 4.05. The van der Waals surface area contributed by atoms with Gasteiger partial charge in [0.15, 0.2) is 5.78 Å². The van der Waals surface area contributed by atoms with Crippen LogP contribution in [0.3, 0.4) is 0 Å². The third-order valence-corrected chi connectivity index (χ3v) is 4.05. The van der Waals surface area contributed by atoms with Gasteiger partial charge in [0.2, 0.25) is 0 Å². The number of ketones is 2. The first-order valence-corrected chi connectivity index (χ1v) is 8.35. The monoisotopic (exact) mass is 374 g/mol. The molecule has 142 valence electrons. The van der Waals surface area contributed by atoms with E-state index in [1.54, 1.807) is 6.92 Å². The predicted molar refractivity (Wildman–Crippen MR) is 94.3 cm³/mol. The van der Waals surface area contributed by atoms with Crippen LogP contribution >= 0.6 is 0 Å². The van der Waals surface area contributed by atoms with Crippen molar-refractivity contribution in [2.24, 2.45) is 0 Å². The van der Waals surface area contributed by atoms with Crippen LogP contribution in [0.1, 0.15) is 41.3 Å². The van der Waals surface area contributed by atoms with Crippen LogP contribution in [0.4, 0.5) is 4.39 Å². The van der Waals surface area contributed by atoms with Gasteiger partial charge in [-0.15, -0.1) is 0 Å². The molecule has 2 rings (SSSR count). The van der Waals surface area contributed by atoms with Gasteiger partial charge in [-0.25, -0.2) is 9.18 Å². The molecule has 0 saturated carbocycles. The SMILES string of the molecule is CCOC(=O)C(=O)C(C(=O)c1cc(CC)c(O)cc1O)c1ccc(F)cc1. The zero-order valence-corrected chi connectivity index (χ0v) is 14.9. The van der Waals surface area contributed by atoms with Crippen LogP contribution in [0, 0.1) is 5.82 Å². The fourth-order valence-electron chi connectivity index (χ4n) is 2.66. The number of Topliss-reactive ketones (excluding diaryl/α,β-unsaturated/α-hetero) is 2. The molecule has 1 atom stereocenters. The number of aryl methyl sites for hydroxylation is 1. The molecule has 6 nitrogen and oxygen atoms in total. The maximum absolute atomic E-state index is 13.2. The molecule has 1 unspecified atom stereocenters. The van der Waals surface area contributed by atoms with Crippen LogP contribution in [0.15, 0.2) is 36.4 Å². The zero-order chi connectivity index (χ0) is 20.1. The summed E-state index contributed by atoms with van der Waals surface area (Å²) in [4.78, 5) is 37.5. The summed E-state index contributed by atoms with van der Waals surface area (Å²) in [6.45, 7) is 3.19. The molecule has 0 aromatic heterocycles. The van der Waals surface area contributed by atoms with E-state index in [1.165, 1.54) is 25.1 Å². The van der Waals surface area contributed by atoms with E-state index in [4.69, 9.17) is 4.74 Å². The largest absolute Gasteiger partial charge is 0.508 e. The molecule has 0 aliphatic heterocycles. The normalized spacial score (nSPS) is 11.7. The van der Waals surface area contributed by atoms with Gasteiger partial charge in [0.05, 0.1) is 12.2 Å². The number of halogens is 1. The van der Waals surface area contributed by atoms with Crippen molar-refractivity contribution >= 4 is 17.5 Å². The Morgan fingerprint density at radius 2 is 1.67 bits per heavy atom. The van der Waals surface area contributed by atoms with E-state index in [0.717, 1.165) is 18.2 Å². The van der Waals surface area contributed by atoms with Crippen molar-refractivity contribution < 1.29 is 33.7 Å². The quantitative estimate of drug-likeness (QED) is 0.334. The Balaban J connectivity index is 2.56. The highest BCUT2D eigenvalue weighted by molar-refractivity contribution is 6.41. The molecule has 0 spiro atoms. The van der Waals surface area contributed by atoms with Gasteiger partial charge >= 0.3 is 5.97 Å². The van der Waals surface area contributed by atoms with Gasteiger partial charge in [-0.05, 0) is 42.7 Å². The molecule has 0 saturated heterocycles. The van der Waals surface area contributed by atoms with Gasteiger partial charge in [0.25, 0.3) is 5.78 Å². The number of carbonyl (C=O) groups is 3. The lowest BCUT2D eigenvalue weighted by molar-refractivity contribution is -0.153. The summed E-state index contributed by atoms with van der Waals surface area (Å²) in [5, 5.41) is 19.9. The third kappa shape index (κ3) is 4.31. The number of hydrogen-bond donors (Lipinski definition) is 2. The smallest absolute Gasteiger partial charge is 0.375 e. The van der Waals surface area contributed by atoms with Crippen LogP contribution in [0.2, 0.25) is 0 Å². The topological polar surface area (TPSA) is 101 Å². The van der Waals surface area contributed by atoms with Gasteiger partial charge in [-0.1, -0.05) is 19.1 Å². The minimum Gasteiger partial charge on any atom is -0.508 e. The van der Waals surface area contributed by atoms with E-state index in [0.29, 0.717) is 12.0 Å². The van der Waals surface area contributed by atoms with Crippen LogP contribution in [-0.4, -0.2) is 34.4 Å². The van der Waals surface area contributed by atoms with Crippen molar-refractivity contribution in [2.75, 3.05) is 6.61 Å². The Labute approximate surface area is 155 Å². The number of esters is 1. The summed E-state index contributed by atoms with van der Waals surface area (Å²) in [7, 11) is 0. The second-order valence-corrected chi connectivity index (χ2v) is 5.79. The average molecular weight is 374 g/mol. The summed E-state index contributed by atoms with van der Waals surface area (Å²) < 4.78 is 17.9. The number of rotatable bonds is 7. The van der Waals surface area contributed by atoms with Gasteiger partial charge in [0, 0.05) is 6.07 Å². The predicted octanol–water partition coefficient (Wildman–Crippen LogP) is 2.90. The zero-order valence-electron chi connectivity index (χ0n) is 14.9. The Hall–Kier alpha value is -3.22. The first kappa shape index (κ1) is 20.1. The standard InChI is InChI=1S/C20H19FO6/c1-3-11-9-14(16(23)10-15(11)22)18(24)17(19(25)20(26)27-4-2)12-5-7-13(21)8-6-12/h5-10,17,22-23H,3-4H2,1-2H3. The summed E-state index contributed by atoms with van der Waals surface area (Å²) in [5.41, 5.74) is 0.249. The van der Waals surface area contributed by atoms with Crippen LogP contribution in [0.5, 0.6) is 11.5 Å². The van der Waals surface area contributed by atoms with Crippen molar-refractivity contribution in [1.82, 2.24) is 0 Å². The maximum Gasteiger partial charge on any atom is 0.375 e. The first-order valence-electron chi connectivity index (χ1n) is 8.35. The van der Waals surface area contributed by atoms with Gasteiger partial charge in [0.1, 0.15) is 23.2 Å². The van der Waals surface area contributed by atoms with E-state index < -0.39 is 35.0 Å². The number of aromatic hydroxyl groups is 2. The molecule has 0 radical (unpaired) electrons. The molecule has 7 heteroatoms. The maximum atomic E-state index is 13.2. The van der Waals surface area contributed by atoms with Crippen molar-refractivity contribution in [3.8, 4) is 11.5 Å². The highest BCUT2D eigenvalue weighted by atomic mass is 19.1. The molecule has 0 aliphatic rings. The second kappa shape index (κ2) is 8.44. The Morgan fingerprint density at radius 3 is 2.22 bits per heavy atom. The van der Waals surface area contributed by atoms with Crippen LogP contribution in [0.25, 0.3) is 0 Å². The summed E-state index contributed by atoms with van der Waals surface area (Å²) in [5.74, 6) is -6.08. The van der Waals surface area contributed by atoms with E-state index in [1.807, 2.05) is 0 Å². The molecule has 2 aromatic carbocycles. The number of phenols is 2. The number of carbonyl (C=O) groups excluding carboxylic acids is 3. The fourth-order valence-corrected chi connectivity index (χ4v) is 2.66. The lowest BCUT2D eigenvalue weighted by atomic mass is 9.86. The van der Waals surface area contributed by atoms with Crippen molar-refractivity contribution in [3.05, 3.63) is 58.9 Å². The van der Waals surface area contributed by atoms with Gasteiger partial charge in [-0.3, -0.25) is 9.59 Å². The molecule has 2 N–H and O–H groups in total. The second-order valence-electron chi connectivity index (χ2n) is 5.79. The molecule has 0 aliphatic carbocycles. The summed E-state index contributed by atoms with van der Waals surface area (Å²) in [6.07, 6.45) is 0.374. The molecular weight excluding hydrogens is 355 g/mol. The highest BCUT2D eigenvalue weighted by Gasteiger charge is 2.36. The molecule has 0 heterocycles. The molecule has 27 heavy (non-hydrogen) atoms. The molecular formula is C20H19FO6. The summed E-state index contributed by atoms with van der Waals surface area (Å²) in [6, 6.07) is 6.81. The molecule has 0 bridgehead atoms. The van der Waals surface area contributed by atoms with Gasteiger partial charge < -0.3 is 14.9 Å². The lowest BCUT2D eigenvalue weighted by Gasteiger charge is -2.16. The lowest BCUT2D eigenvalue weighted by Crippen LogP contribution is -2.30. The van der Waals surface area contributed by atoms with E-state index >= 15 is 0 Å². The van der Waals surface area contributed by atoms with Crippen molar-refractivity contribution in [2.45, 2.75) is 26.2 Å².